The van der Waals surface area contributed by atoms with Crippen LogP contribution in [0.5, 0.6) is 5.75 Å². The SMILES string of the molecule is C=C[C@@H]1[C@@H](O)[C@H](c2ccc(Cl)c(Cc3ccc4c(c3)SCO4)c2)O[C@@]2(CC2O)[C@H]1O. The molecule has 0 radical (unpaired) electrons. The highest BCUT2D eigenvalue weighted by molar-refractivity contribution is 7.99. The third-order valence-electron chi connectivity index (χ3n) is 6.33. The Balaban J connectivity index is 1.45. The van der Waals surface area contributed by atoms with Gasteiger partial charge in [0.05, 0.1) is 23.2 Å². The number of halogens is 1. The Morgan fingerprint density at radius 1 is 1.20 bits per heavy atom. The minimum absolute atomic E-state index is 0.344. The predicted molar refractivity (Wildman–Crippen MR) is 115 cm³/mol. The van der Waals surface area contributed by atoms with Gasteiger partial charge in [0.1, 0.15) is 23.4 Å². The average molecular weight is 447 g/mol. The number of hydrogen-bond donors (Lipinski definition) is 3. The third kappa shape index (κ3) is 3.27. The zero-order chi connectivity index (χ0) is 21.0. The van der Waals surface area contributed by atoms with Gasteiger partial charge in [0, 0.05) is 17.4 Å². The molecule has 3 N–H and O–H groups in total. The molecule has 2 aliphatic heterocycles. The molecular formula is C23H23ClO5S. The van der Waals surface area contributed by atoms with Gasteiger partial charge in [-0.1, -0.05) is 47.6 Å². The van der Waals surface area contributed by atoms with Crippen molar-refractivity contribution in [1.82, 2.24) is 0 Å². The van der Waals surface area contributed by atoms with Crippen LogP contribution in [0.2, 0.25) is 5.02 Å². The molecule has 158 valence electrons. The standard InChI is InChI=1S/C23H23ClO5S/c1-2-15-20(26)21(29-23(22(15)27)10-19(23)25)13-4-5-16(24)14(9-13)7-12-3-6-17-18(8-12)30-11-28-17/h2-6,8-9,15,19-22,25-27H,1,7,10-11H2/t15-,19?,20-,21+,22+,23-/m1/s1. The Kier molecular flexibility index (Phi) is 5.13. The molecule has 6 atom stereocenters. The summed E-state index contributed by atoms with van der Waals surface area (Å²) in [6.45, 7) is 3.76. The second-order valence-corrected chi connectivity index (χ2v) is 9.55. The Morgan fingerprint density at radius 3 is 2.73 bits per heavy atom. The fourth-order valence-corrected chi connectivity index (χ4v) is 5.49. The smallest absolute Gasteiger partial charge is 0.138 e. The van der Waals surface area contributed by atoms with E-state index in [1.54, 1.807) is 23.9 Å². The maximum atomic E-state index is 10.9. The van der Waals surface area contributed by atoms with Crippen molar-refractivity contribution >= 4 is 23.4 Å². The molecule has 2 heterocycles. The lowest BCUT2D eigenvalue weighted by atomic mass is 9.82. The summed E-state index contributed by atoms with van der Waals surface area (Å²) in [6.07, 6.45) is -0.885. The number of ether oxygens (including phenoxy) is 2. The zero-order valence-electron chi connectivity index (χ0n) is 16.2. The number of rotatable bonds is 4. The Morgan fingerprint density at radius 2 is 2.00 bits per heavy atom. The van der Waals surface area contributed by atoms with Gasteiger partial charge < -0.3 is 24.8 Å². The van der Waals surface area contributed by atoms with E-state index >= 15 is 0 Å². The van der Waals surface area contributed by atoms with E-state index < -0.39 is 35.9 Å². The second kappa shape index (κ2) is 7.55. The van der Waals surface area contributed by atoms with Crippen molar-refractivity contribution in [1.29, 1.82) is 0 Å². The Labute approximate surface area is 184 Å². The van der Waals surface area contributed by atoms with Gasteiger partial charge in [-0.2, -0.15) is 0 Å². The van der Waals surface area contributed by atoms with Crippen LogP contribution < -0.4 is 4.74 Å². The normalized spacial score (nSPS) is 34.5. The number of aliphatic hydroxyl groups excluding tert-OH is 3. The maximum Gasteiger partial charge on any atom is 0.138 e. The van der Waals surface area contributed by atoms with Crippen molar-refractivity contribution in [3.63, 3.8) is 0 Å². The maximum absolute atomic E-state index is 10.9. The van der Waals surface area contributed by atoms with Gasteiger partial charge in [-0.3, -0.25) is 0 Å². The lowest BCUT2D eigenvalue weighted by Gasteiger charge is -2.43. The fourth-order valence-electron chi connectivity index (χ4n) is 4.49. The van der Waals surface area contributed by atoms with Crippen LogP contribution in [0.3, 0.4) is 0 Å². The second-order valence-electron chi connectivity index (χ2n) is 8.18. The van der Waals surface area contributed by atoms with Crippen LogP contribution in [0, 0.1) is 5.92 Å². The van der Waals surface area contributed by atoms with E-state index in [9.17, 15) is 15.3 Å². The van der Waals surface area contributed by atoms with Gasteiger partial charge in [-0.15, -0.1) is 6.58 Å². The third-order valence-corrected chi connectivity index (χ3v) is 7.57. The molecule has 1 spiro atoms. The highest BCUT2D eigenvalue weighted by atomic mass is 35.5. The predicted octanol–water partition coefficient (Wildman–Crippen LogP) is 3.47. The van der Waals surface area contributed by atoms with Crippen molar-refractivity contribution < 1.29 is 24.8 Å². The summed E-state index contributed by atoms with van der Waals surface area (Å²) in [5, 5.41) is 32.2. The molecule has 2 fully saturated rings. The van der Waals surface area contributed by atoms with Crippen molar-refractivity contribution in [3.8, 4) is 5.75 Å². The number of hydrogen-bond acceptors (Lipinski definition) is 6. The number of fused-ring (bicyclic) bond motifs is 1. The molecule has 7 heteroatoms. The monoisotopic (exact) mass is 446 g/mol. The van der Waals surface area contributed by atoms with Gasteiger partial charge >= 0.3 is 0 Å². The molecule has 5 rings (SSSR count). The average Bonchev–Trinajstić information content (AvgIpc) is 3.15. The van der Waals surface area contributed by atoms with E-state index in [1.807, 2.05) is 24.3 Å². The Hall–Kier alpha value is -1.54. The minimum Gasteiger partial charge on any atom is -0.481 e. The first-order valence-corrected chi connectivity index (χ1v) is 11.3. The van der Waals surface area contributed by atoms with Crippen LogP contribution in [0.25, 0.3) is 0 Å². The van der Waals surface area contributed by atoms with Crippen LogP contribution >= 0.6 is 23.4 Å². The molecule has 3 aliphatic rings. The van der Waals surface area contributed by atoms with Crippen molar-refractivity contribution in [2.45, 2.75) is 47.8 Å². The fraction of sp³-hybridized carbons (Fsp3) is 0.391. The van der Waals surface area contributed by atoms with Crippen LogP contribution in [0.15, 0.2) is 53.9 Å². The summed E-state index contributed by atoms with van der Waals surface area (Å²) < 4.78 is 11.6. The molecule has 2 aromatic carbocycles. The molecule has 5 nitrogen and oxygen atoms in total. The number of benzene rings is 2. The largest absolute Gasteiger partial charge is 0.481 e. The molecule has 1 aliphatic carbocycles. The minimum atomic E-state index is -1.04. The van der Waals surface area contributed by atoms with E-state index in [-0.39, 0.29) is 0 Å². The molecule has 0 aromatic heterocycles. The van der Waals surface area contributed by atoms with Gasteiger partial charge in [-0.25, -0.2) is 0 Å². The van der Waals surface area contributed by atoms with Gasteiger partial charge in [0.2, 0.25) is 0 Å². The van der Waals surface area contributed by atoms with Crippen LogP contribution in [0.1, 0.15) is 29.2 Å². The van der Waals surface area contributed by atoms with Crippen molar-refractivity contribution in [2.75, 3.05) is 5.94 Å². The summed E-state index contributed by atoms with van der Waals surface area (Å²) in [5.41, 5.74) is 1.75. The summed E-state index contributed by atoms with van der Waals surface area (Å²) >= 11 is 8.15. The lowest BCUT2D eigenvalue weighted by molar-refractivity contribution is -0.215. The summed E-state index contributed by atoms with van der Waals surface area (Å²) in [6, 6.07) is 11.7. The van der Waals surface area contributed by atoms with Crippen LogP contribution in [-0.4, -0.2) is 45.2 Å². The first-order chi connectivity index (χ1) is 14.4. The van der Waals surface area contributed by atoms with Crippen molar-refractivity contribution in [3.05, 3.63) is 70.8 Å². The number of aliphatic hydroxyl groups is 3. The van der Waals surface area contributed by atoms with E-state index in [2.05, 4.69) is 12.6 Å². The first-order valence-electron chi connectivity index (χ1n) is 9.94. The first kappa shape index (κ1) is 20.4. The molecule has 0 bridgehead atoms. The summed E-state index contributed by atoms with van der Waals surface area (Å²) in [4.78, 5) is 1.12. The molecule has 0 amide bonds. The van der Waals surface area contributed by atoms with E-state index in [0.29, 0.717) is 23.8 Å². The van der Waals surface area contributed by atoms with Crippen LogP contribution in [-0.2, 0) is 11.2 Å². The lowest BCUT2D eigenvalue weighted by Crippen LogP contribution is -2.53. The van der Waals surface area contributed by atoms with Gasteiger partial charge in [0.15, 0.2) is 0 Å². The van der Waals surface area contributed by atoms with Crippen molar-refractivity contribution in [2.24, 2.45) is 5.92 Å². The summed E-state index contributed by atoms with van der Waals surface area (Å²) in [5.74, 6) is 0.953. The van der Waals surface area contributed by atoms with E-state index in [4.69, 9.17) is 21.1 Å². The topological polar surface area (TPSA) is 79.2 Å². The molecule has 30 heavy (non-hydrogen) atoms. The van der Waals surface area contributed by atoms with Crippen LogP contribution in [0.4, 0.5) is 0 Å². The highest BCUT2D eigenvalue weighted by Gasteiger charge is 2.66. The van der Waals surface area contributed by atoms with E-state index in [1.165, 1.54) is 0 Å². The summed E-state index contributed by atoms with van der Waals surface area (Å²) in [7, 11) is 0. The zero-order valence-corrected chi connectivity index (χ0v) is 17.8. The quantitative estimate of drug-likeness (QED) is 0.624. The molecule has 1 saturated heterocycles. The number of thioether (sulfide) groups is 1. The highest BCUT2D eigenvalue weighted by Crippen LogP contribution is 2.54. The van der Waals surface area contributed by atoms with Gasteiger partial charge in [0.25, 0.3) is 0 Å². The van der Waals surface area contributed by atoms with E-state index in [0.717, 1.165) is 27.3 Å². The van der Waals surface area contributed by atoms with Gasteiger partial charge in [-0.05, 0) is 41.3 Å². The molecule has 1 unspecified atom stereocenters. The Bertz CT molecular complexity index is 998. The molecule has 2 aromatic rings. The molecular weight excluding hydrogens is 424 g/mol. The molecule has 1 saturated carbocycles.